The van der Waals surface area contributed by atoms with E-state index in [9.17, 15) is 9.59 Å². The van der Waals surface area contributed by atoms with Gasteiger partial charge in [-0.15, -0.1) is 0 Å². The van der Waals surface area contributed by atoms with Gasteiger partial charge < -0.3 is 10.6 Å². The Morgan fingerprint density at radius 3 is 2.86 bits per heavy atom. The molecule has 0 radical (unpaired) electrons. The smallest absolute Gasteiger partial charge is 0.269 e. The van der Waals surface area contributed by atoms with Crippen molar-refractivity contribution >= 4 is 11.8 Å². The first kappa shape index (κ1) is 14.2. The van der Waals surface area contributed by atoms with E-state index in [0.717, 1.165) is 25.0 Å². The van der Waals surface area contributed by atoms with E-state index in [2.05, 4.69) is 25.8 Å². The maximum absolute atomic E-state index is 12.2. The predicted octanol–water partition coefficient (Wildman–Crippen LogP) is 0.452. The third kappa shape index (κ3) is 2.83. The van der Waals surface area contributed by atoms with Gasteiger partial charge in [0.15, 0.2) is 0 Å². The summed E-state index contributed by atoms with van der Waals surface area (Å²) >= 11 is 0. The lowest BCUT2D eigenvalue weighted by atomic mass is 9.93. The van der Waals surface area contributed by atoms with Gasteiger partial charge >= 0.3 is 0 Å². The van der Waals surface area contributed by atoms with Gasteiger partial charge in [0.1, 0.15) is 5.69 Å². The van der Waals surface area contributed by atoms with Crippen molar-refractivity contribution in [3.05, 3.63) is 47.0 Å². The van der Waals surface area contributed by atoms with Crippen LogP contribution < -0.4 is 10.6 Å². The van der Waals surface area contributed by atoms with Crippen LogP contribution in [0.15, 0.2) is 24.5 Å². The lowest BCUT2D eigenvalue weighted by Gasteiger charge is -2.22. The van der Waals surface area contributed by atoms with Crippen molar-refractivity contribution in [2.24, 2.45) is 0 Å². The van der Waals surface area contributed by atoms with Crippen LogP contribution in [0, 0.1) is 0 Å². The first-order valence-corrected chi connectivity index (χ1v) is 7.17. The number of amides is 2. The highest BCUT2D eigenvalue weighted by Crippen LogP contribution is 2.19. The van der Waals surface area contributed by atoms with Gasteiger partial charge in [-0.3, -0.25) is 19.7 Å². The highest BCUT2D eigenvalue weighted by atomic mass is 16.2. The molecular formula is C15H17N5O2. The molecule has 7 nitrogen and oxygen atoms in total. The third-order valence-electron chi connectivity index (χ3n) is 3.84. The van der Waals surface area contributed by atoms with Crippen LogP contribution in [0.3, 0.4) is 0 Å². The molecule has 1 aliphatic carbocycles. The summed E-state index contributed by atoms with van der Waals surface area (Å²) in [5.41, 5.74) is 3.05. The van der Waals surface area contributed by atoms with Gasteiger partial charge in [-0.2, -0.15) is 5.10 Å². The molecule has 2 aromatic heterocycles. The zero-order chi connectivity index (χ0) is 15.5. The summed E-state index contributed by atoms with van der Waals surface area (Å²) in [6.07, 6.45) is 5.82. The molecule has 2 amide bonds. The second-order valence-corrected chi connectivity index (χ2v) is 5.30. The SMILES string of the molecule is CNC(=O)c1ccc(C(=O)NC2CCc3cn[nH]c3C2)cn1. The fourth-order valence-electron chi connectivity index (χ4n) is 2.59. The molecule has 0 aromatic carbocycles. The minimum Gasteiger partial charge on any atom is -0.354 e. The van der Waals surface area contributed by atoms with E-state index in [4.69, 9.17) is 0 Å². The van der Waals surface area contributed by atoms with E-state index in [0.29, 0.717) is 11.3 Å². The average molecular weight is 299 g/mol. The van der Waals surface area contributed by atoms with E-state index in [1.54, 1.807) is 12.1 Å². The molecule has 1 unspecified atom stereocenters. The van der Waals surface area contributed by atoms with Crippen LogP contribution in [0.5, 0.6) is 0 Å². The van der Waals surface area contributed by atoms with Gasteiger partial charge in [0.25, 0.3) is 11.8 Å². The van der Waals surface area contributed by atoms with Crippen LogP contribution in [0.2, 0.25) is 0 Å². The summed E-state index contributed by atoms with van der Waals surface area (Å²) in [6.45, 7) is 0. The minimum absolute atomic E-state index is 0.0825. The van der Waals surface area contributed by atoms with Crippen molar-refractivity contribution in [3.63, 3.8) is 0 Å². The van der Waals surface area contributed by atoms with E-state index in [-0.39, 0.29) is 17.9 Å². The second kappa shape index (κ2) is 5.97. The first-order valence-electron chi connectivity index (χ1n) is 7.17. The average Bonchev–Trinajstić information content (AvgIpc) is 3.02. The second-order valence-electron chi connectivity index (χ2n) is 5.30. The summed E-state index contributed by atoms with van der Waals surface area (Å²) in [7, 11) is 1.54. The zero-order valence-corrected chi connectivity index (χ0v) is 12.2. The number of hydrogen-bond donors (Lipinski definition) is 3. The van der Waals surface area contributed by atoms with Crippen LogP contribution in [-0.4, -0.2) is 40.1 Å². The Hall–Kier alpha value is -2.70. The molecule has 1 atom stereocenters. The minimum atomic E-state index is -0.272. The standard InChI is InChI=1S/C15H17N5O2/c1-16-15(22)12-5-3-10(7-17-12)14(21)19-11-4-2-9-8-18-20-13(9)6-11/h3,5,7-8,11H,2,4,6H2,1H3,(H,16,22)(H,18,20)(H,19,21). The zero-order valence-electron chi connectivity index (χ0n) is 12.2. The Morgan fingerprint density at radius 1 is 1.27 bits per heavy atom. The van der Waals surface area contributed by atoms with Gasteiger partial charge in [-0.1, -0.05) is 0 Å². The number of nitrogens with one attached hydrogen (secondary N) is 3. The number of aromatic nitrogens is 3. The number of aromatic amines is 1. The van der Waals surface area contributed by atoms with E-state index in [1.807, 2.05) is 6.20 Å². The Balaban J connectivity index is 1.64. The maximum atomic E-state index is 12.2. The molecule has 0 fully saturated rings. The highest BCUT2D eigenvalue weighted by Gasteiger charge is 2.22. The third-order valence-corrected chi connectivity index (χ3v) is 3.84. The number of carbonyl (C=O) groups excluding carboxylic acids is 2. The van der Waals surface area contributed by atoms with Gasteiger partial charge in [-0.05, 0) is 30.5 Å². The summed E-state index contributed by atoms with van der Waals surface area (Å²) in [5.74, 6) is -0.449. The van der Waals surface area contributed by atoms with Crippen molar-refractivity contribution in [2.45, 2.75) is 25.3 Å². The van der Waals surface area contributed by atoms with E-state index < -0.39 is 0 Å². The molecule has 2 aromatic rings. The topological polar surface area (TPSA) is 99.8 Å². The highest BCUT2D eigenvalue weighted by molar-refractivity contribution is 5.96. The van der Waals surface area contributed by atoms with Gasteiger partial charge in [0.05, 0.1) is 11.8 Å². The Labute approximate surface area is 127 Å². The van der Waals surface area contributed by atoms with Gasteiger partial charge in [-0.25, -0.2) is 0 Å². The fourth-order valence-corrected chi connectivity index (χ4v) is 2.59. The van der Waals surface area contributed by atoms with Crippen molar-refractivity contribution in [2.75, 3.05) is 7.05 Å². The molecule has 3 rings (SSSR count). The molecule has 114 valence electrons. The van der Waals surface area contributed by atoms with Gasteiger partial charge in [0, 0.05) is 31.4 Å². The summed E-state index contributed by atoms with van der Waals surface area (Å²) in [5, 5.41) is 12.5. The first-order chi connectivity index (χ1) is 10.7. The Morgan fingerprint density at radius 2 is 2.14 bits per heavy atom. The number of fused-ring (bicyclic) bond motifs is 1. The number of nitrogens with zero attached hydrogens (tertiary/aromatic N) is 2. The van der Waals surface area contributed by atoms with Crippen molar-refractivity contribution in [3.8, 4) is 0 Å². The van der Waals surface area contributed by atoms with Crippen LogP contribution >= 0.6 is 0 Å². The molecule has 0 saturated heterocycles. The molecule has 7 heteroatoms. The fraction of sp³-hybridized carbons (Fsp3) is 0.333. The van der Waals surface area contributed by atoms with E-state index in [1.165, 1.54) is 18.8 Å². The maximum Gasteiger partial charge on any atom is 0.269 e. The molecule has 0 spiro atoms. The number of H-pyrrole nitrogens is 1. The van der Waals surface area contributed by atoms with Crippen LogP contribution in [0.4, 0.5) is 0 Å². The van der Waals surface area contributed by atoms with Crippen molar-refractivity contribution < 1.29 is 9.59 Å². The van der Waals surface area contributed by atoms with Crippen LogP contribution in [-0.2, 0) is 12.8 Å². The quantitative estimate of drug-likeness (QED) is 0.766. The van der Waals surface area contributed by atoms with Crippen molar-refractivity contribution in [1.82, 2.24) is 25.8 Å². The molecule has 0 aliphatic heterocycles. The van der Waals surface area contributed by atoms with Crippen LogP contribution in [0.25, 0.3) is 0 Å². The number of carbonyl (C=O) groups is 2. The monoisotopic (exact) mass is 299 g/mol. The predicted molar refractivity (Wildman–Crippen MR) is 79.5 cm³/mol. The number of hydrogen-bond acceptors (Lipinski definition) is 4. The largest absolute Gasteiger partial charge is 0.354 e. The molecule has 3 N–H and O–H groups in total. The molecular weight excluding hydrogens is 282 g/mol. The summed E-state index contributed by atoms with van der Waals surface area (Å²) in [6, 6.07) is 3.23. The molecule has 1 aliphatic rings. The lowest BCUT2D eigenvalue weighted by Crippen LogP contribution is -2.38. The Bertz CT molecular complexity index is 692. The number of rotatable bonds is 3. The van der Waals surface area contributed by atoms with Crippen LogP contribution in [0.1, 0.15) is 38.5 Å². The Kier molecular flexibility index (Phi) is 3.86. The molecule has 0 bridgehead atoms. The molecule has 0 saturated carbocycles. The lowest BCUT2D eigenvalue weighted by molar-refractivity contribution is 0.0927. The van der Waals surface area contributed by atoms with E-state index >= 15 is 0 Å². The van der Waals surface area contributed by atoms with Crippen molar-refractivity contribution in [1.29, 1.82) is 0 Å². The molecule has 22 heavy (non-hydrogen) atoms. The number of aryl methyl sites for hydroxylation is 1. The summed E-state index contributed by atoms with van der Waals surface area (Å²) in [4.78, 5) is 27.7. The molecule has 2 heterocycles. The van der Waals surface area contributed by atoms with Gasteiger partial charge in [0.2, 0.25) is 0 Å². The normalized spacial score (nSPS) is 16.7. The summed E-state index contributed by atoms with van der Waals surface area (Å²) < 4.78 is 0. The number of pyridine rings is 1.